The summed E-state index contributed by atoms with van der Waals surface area (Å²) in [6, 6.07) is 8.34. The molecule has 194 valence electrons. The number of aromatic nitrogens is 1. The largest absolute Gasteiger partial charge is 0.352 e. The minimum atomic E-state index is -0.506. The Bertz CT molecular complexity index is 1060. The summed E-state index contributed by atoms with van der Waals surface area (Å²) < 4.78 is 0. The molecule has 9 heteroatoms. The average molecular weight is 495 g/mol. The number of benzene rings is 1. The first-order chi connectivity index (χ1) is 17.3. The van der Waals surface area contributed by atoms with Gasteiger partial charge in [0.25, 0.3) is 17.7 Å². The van der Waals surface area contributed by atoms with E-state index in [0.717, 1.165) is 31.5 Å². The Hall–Kier alpha value is -3.30. The Morgan fingerprint density at radius 1 is 1.11 bits per heavy atom. The van der Waals surface area contributed by atoms with E-state index in [1.165, 1.54) is 5.56 Å². The summed E-state index contributed by atoms with van der Waals surface area (Å²) in [5.41, 5.74) is 5.94. The normalized spacial score (nSPS) is 15.4. The van der Waals surface area contributed by atoms with E-state index in [1.54, 1.807) is 48.3 Å². The summed E-state index contributed by atoms with van der Waals surface area (Å²) in [7, 11) is 3.47. The maximum Gasteiger partial charge on any atom is 0.257 e. The Morgan fingerprint density at radius 2 is 1.89 bits per heavy atom. The second-order valence-corrected chi connectivity index (χ2v) is 9.68. The van der Waals surface area contributed by atoms with Gasteiger partial charge >= 0.3 is 0 Å². The Morgan fingerprint density at radius 3 is 2.64 bits per heavy atom. The second kappa shape index (κ2) is 13.1. The smallest absolute Gasteiger partial charge is 0.257 e. The van der Waals surface area contributed by atoms with Gasteiger partial charge in [-0.15, -0.1) is 0 Å². The van der Waals surface area contributed by atoms with Crippen LogP contribution in [0.3, 0.4) is 0 Å². The molecule has 1 aliphatic heterocycles. The fourth-order valence-corrected chi connectivity index (χ4v) is 4.21. The summed E-state index contributed by atoms with van der Waals surface area (Å²) in [6.45, 7) is 6.83. The van der Waals surface area contributed by atoms with Gasteiger partial charge in [0.15, 0.2) is 0 Å². The molecule has 0 bridgehead atoms. The zero-order valence-electron chi connectivity index (χ0n) is 21.7. The van der Waals surface area contributed by atoms with Crippen LogP contribution >= 0.6 is 0 Å². The van der Waals surface area contributed by atoms with Gasteiger partial charge in [0.2, 0.25) is 0 Å². The zero-order chi connectivity index (χ0) is 26.1. The molecule has 1 aliphatic rings. The molecule has 1 saturated heterocycles. The Kier molecular flexibility index (Phi) is 9.95. The van der Waals surface area contributed by atoms with Gasteiger partial charge in [-0.05, 0) is 61.1 Å². The van der Waals surface area contributed by atoms with Gasteiger partial charge in [-0.2, -0.15) is 0 Å². The van der Waals surface area contributed by atoms with Crippen LogP contribution in [0.15, 0.2) is 42.7 Å². The molecule has 9 nitrogen and oxygen atoms in total. The molecule has 3 rings (SSSR count). The molecule has 2 heterocycles. The van der Waals surface area contributed by atoms with Crippen molar-refractivity contribution in [3.8, 4) is 0 Å². The fraction of sp³-hybridized carbons (Fsp3) is 0.481. The van der Waals surface area contributed by atoms with E-state index in [1.807, 2.05) is 12.4 Å². The number of pyridine rings is 1. The first-order valence-corrected chi connectivity index (χ1v) is 12.6. The van der Waals surface area contributed by atoms with Crippen LogP contribution in [-0.2, 0) is 11.3 Å². The third-order valence-electron chi connectivity index (χ3n) is 6.15. The van der Waals surface area contributed by atoms with Crippen LogP contribution in [0, 0.1) is 0 Å². The molecule has 3 N–H and O–H groups in total. The van der Waals surface area contributed by atoms with Gasteiger partial charge in [-0.25, -0.2) is 5.01 Å². The zero-order valence-corrected chi connectivity index (χ0v) is 21.7. The highest BCUT2D eigenvalue weighted by molar-refractivity contribution is 6.01. The van der Waals surface area contributed by atoms with Crippen LogP contribution in [0.2, 0.25) is 0 Å². The van der Waals surface area contributed by atoms with Crippen molar-refractivity contribution in [1.29, 1.82) is 0 Å². The number of nitrogens with zero attached hydrogens (tertiary/aromatic N) is 3. The number of carbonyl (C=O) groups excluding carboxylic acids is 3. The number of hydrogen-bond donors (Lipinski definition) is 3. The van der Waals surface area contributed by atoms with Gasteiger partial charge < -0.3 is 15.5 Å². The summed E-state index contributed by atoms with van der Waals surface area (Å²) in [5.74, 6) is -0.207. The van der Waals surface area contributed by atoms with Crippen molar-refractivity contribution < 1.29 is 14.4 Å². The molecule has 3 amide bonds. The Balaban J connectivity index is 1.46. The summed E-state index contributed by atoms with van der Waals surface area (Å²) >= 11 is 0. The highest BCUT2D eigenvalue weighted by Gasteiger charge is 2.34. The van der Waals surface area contributed by atoms with Crippen LogP contribution in [0.1, 0.15) is 70.9 Å². The number of carbonyl (C=O) groups is 3. The van der Waals surface area contributed by atoms with Crippen molar-refractivity contribution in [2.75, 3.05) is 33.7 Å². The second-order valence-electron chi connectivity index (χ2n) is 9.68. The number of likely N-dealkylation sites (tertiary alicyclic amines) is 1. The number of rotatable bonds is 11. The van der Waals surface area contributed by atoms with Gasteiger partial charge in [0.05, 0.1) is 0 Å². The quantitative estimate of drug-likeness (QED) is 0.327. The molecule has 1 atom stereocenters. The van der Waals surface area contributed by atoms with Gasteiger partial charge in [0.1, 0.15) is 6.04 Å². The minimum absolute atomic E-state index is 0.197. The highest BCUT2D eigenvalue weighted by Crippen LogP contribution is 2.21. The van der Waals surface area contributed by atoms with Crippen molar-refractivity contribution in [2.45, 2.75) is 51.6 Å². The van der Waals surface area contributed by atoms with E-state index in [-0.39, 0.29) is 17.7 Å². The lowest BCUT2D eigenvalue weighted by Crippen LogP contribution is -2.49. The maximum atomic E-state index is 13.1. The first kappa shape index (κ1) is 27.3. The maximum absolute atomic E-state index is 13.1. The number of hydrogen-bond acceptors (Lipinski definition) is 6. The highest BCUT2D eigenvalue weighted by atomic mass is 16.2. The van der Waals surface area contributed by atoms with E-state index in [9.17, 15) is 14.4 Å². The molecular formula is C27H38N6O3. The van der Waals surface area contributed by atoms with Crippen molar-refractivity contribution in [1.82, 2.24) is 31.0 Å². The van der Waals surface area contributed by atoms with Crippen molar-refractivity contribution in [3.63, 3.8) is 0 Å². The predicted octanol–water partition coefficient (Wildman–Crippen LogP) is 2.31. The molecule has 0 spiro atoms. The molecule has 1 fully saturated rings. The molecular weight excluding hydrogens is 456 g/mol. The number of nitrogens with one attached hydrogen (secondary N) is 3. The van der Waals surface area contributed by atoms with Crippen molar-refractivity contribution in [2.24, 2.45) is 0 Å². The third kappa shape index (κ3) is 7.60. The Labute approximate surface area is 213 Å². The van der Waals surface area contributed by atoms with Gasteiger partial charge in [-0.3, -0.25) is 24.8 Å². The molecule has 1 unspecified atom stereocenters. The number of hydrazine groups is 1. The van der Waals surface area contributed by atoms with Crippen molar-refractivity contribution in [3.05, 3.63) is 65.0 Å². The van der Waals surface area contributed by atoms with E-state index in [2.05, 4.69) is 41.0 Å². The molecule has 36 heavy (non-hydrogen) atoms. The van der Waals surface area contributed by atoms with Crippen LogP contribution < -0.4 is 16.1 Å². The predicted molar refractivity (Wildman–Crippen MR) is 139 cm³/mol. The van der Waals surface area contributed by atoms with Crippen LogP contribution in [0.4, 0.5) is 0 Å². The number of amides is 3. The monoisotopic (exact) mass is 494 g/mol. The molecule has 1 aromatic heterocycles. The summed E-state index contributed by atoms with van der Waals surface area (Å²) in [6.07, 6.45) is 5.94. The van der Waals surface area contributed by atoms with Crippen LogP contribution in [0.5, 0.6) is 0 Å². The summed E-state index contributed by atoms with van der Waals surface area (Å²) in [5, 5.41) is 7.88. The molecule has 1 aromatic carbocycles. The molecule has 0 radical (unpaired) electrons. The summed E-state index contributed by atoms with van der Waals surface area (Å²) in [4.78, 5) is 44.1. The van der Waals surface area contributed by atoms with Gasteiger partial charge in [0, 0.05) is 57.3 Å². The molecule has 0 aliphatic carbocycles. The standard InChI is InChI=1S/C27H38N6O3/c1-19(2)23-14-20(17-29-18-23)16-28-11-7-12-30-25(34)21-8-5-9-22(15-21)27(36)33-13-6-10-24(33)26(35)31-32(3)4/h5,8-9,14-15,17-19,24,28H,6-7,10-13,16H2,1-4H3,(H,30,34)(H,31,35). The SMILES string of the molecule is CC(C)c1cncc(CNCCCNC(=O)c2cccc(C(=O)N3CCCC3C(=O)NN(C)C)c2)c1. The third-order valence-corrected chi connectivity index (χ3v) is 6.15. The minimum Gasteiger partial charge on any atom is -0.352 e. The lowest BCUT2D eigenvalue weighted by molar-refractivity contribution is -0.128. The molecule has 2 aromatic rings. The molecule has 0 saturated carbocycles. The van der Waals surface area contributed by atoms with Crippen molar-refractivity contribution >= 4 is 17.7 Å². The topological polar surface area (TPSA) is 107 Å². The average Bonchev–Trinajstić information content (AvgIpc) is 3.35. The first-order valence-electron chi connectivity index (χ1n) is 12.6. The van der Waals surface area contributed by atoms with E-state index in [4.69, 9.17) is 0 Å². The lowest BCUT2D eigenvalue weighted by Gasteiger charge is -2.25. The van der Waals surface area contributed by atoms with E-state index < -0.39 is 6.04 Å². The fourth-order valence-electron chi connectivity index (χ4n) is 4.21. The van der Waals surface area contributed by atoms with E-state index >= 15 is 0 Å². The van der Waals surface area contributed by atoms with E-state index in [0.29, 0.717) is 36.6 Å². The van der Waals surface area contributed by atoms with Crippen LogP contribution in [0.25, 0.3) is 0 Å². The van der Waals surface area contributed by atoms with Gasteiger partial charge in [-0.1, -0.05) is 26.0 Å². The van der Waals surface area contributed by atoms with Crippen LogP contribution in [-0.4, -0.2) is 72.4 Å². The lowest BCUT2D eigenvalue weighted by atomic mass is 10.0.